The molecule has 0 aliphatic carbocycles. The number of anilines is 1. The highest BCUT2D eigenvalue weighted by molar-refractivity contribution is 5.44. The van der Waals surface area contributed by atoms with Crippen molar-refractivity contribution in [2.24, 2.45) is 0 Å². The zero-order valence-corrected chi connectivity index (χ0v) is 11.3. The van der Waals surface area contributed by atoms with Crippen LogP contribution in [0.15, 0.2) is 36.5 Å². The summed E-state index contributed by atoms with van der Waals surface area (Å²) in [5.41, 5.74) is 1.65. The van der Waals surface area contributed by atoms with Crippen LogP contribution in [0.5, 0.6) is 5.75 Å². The van der Waals surface area contributed by atoms with E-state index in [0.717, 1.165) is 11.4 Å². The predicted octanol–water partition coefficient (Wildman–Crippen LogP) is 2.92. The van der Waals surface area contributed by atoms with E-state index in [9.17, 15) is 10.1 Å². The molecule has 0 bridgehead atoms. The molecule has 0 spiro atoms. The number of benzene rings is 1. The minimum atomic E-state index is -0.402. The molecule has 0 amide bonds. The number of nitro groups is 1. The topological polar surface area (TPSA) is 77.3 Å². The first-order valence-electron chi connectivity index (χ1n) is 6.10. The molecular weight excluding hydrogens is 258 g/mol. The van der Waals surface area contributed by atoms with E-state index in [1.165, 1.54) is 6.07 Å². The summed E-state index contributed by atoms with van der Waals surface area (Å²) in [6, 6.07) is 8.47. The van der Waals surface area contributed by atoms with Gasteiger partial charge in [-0.1, -0.05) is 0 Å². The van der Waals surface area contributed by atoms with Crippen molar-refractivity contribution < 1.29 is 9.66 Å². The maximum absolute atomic E-state index is 10.7. The standard InChI is InChI=1S/C14H15N3O3/c1-10-7-12(3-4-13(10)17(18)19)20-9-11-5-6-16-14(8-11)15-2/h3-8H,9H2,1-2H3,(H,15,16). The van der Waals surface area contributed by atoms with Gasteiger partial charge in [-0.05, 0) is 36.8 Å². The molecule has 0 atom stereocenters. The quantitative estimate of drug-likeness (QED) is 0.669. The van der Waals surface area contributed by atoms with Gasteiger partial charge in [0.05, 0.1) is 4.92 Å². The number of hydrogen-bond donors (Lipinski definition) is 1. The normalized spacial score (nSPS) is 10.1. The summed E-state index contributed by atoms with van der Waals surface area (Å²) in [5, 5.41) is 13.7. The molecule has 6 heteroatoms. The van der Waals surface area contributed by atoms with Crippen molar-refractivity contribution in [3.63, 3.8) is 0 Å². The summed E-state index contributed by atoms with van der Waals surface area (Å²) in [6.45, 7) is 2.07. The number of nitrogens with one attached hydrogen (secondary N) is 1. The van der Waals surface area contributed by atoms with Crippen molar-refractivity contribution in [2.45, 2.75) is 13.5 Å². The molecule has 6 nitrogen and oxygen atoms in total. The second kappa shape index (κ2) is 6.01. The van der Waals surface area contributed by atoms with E-state index in [0.29, 0.717) is 17.9 Å². The zero-order chi connectivity index (χ0) is 14.5. The van der Waals surface area contributed by atoms with Gasteiger partial charge < -0.3 is 10.1 Å². The fourth-order valence-electron chi connectivity index (χ4n) is 1.79. The lowest BCUT2D eigenvalue weighted by atomic mass is 10.2. The molecule has 0 saturated heterocycles. The van der Waals surface area contributed by atoms with Crippen LogP contribution in [-0.2, 0) is 6.61 Å². The summed E-state index contributed by atoms with van der Waals surface area (Å²) >= 11 is 0. The number of rotatable bonds is 5. The summed E-state index contributed by atoms with van der Waals surface area (Å²) < 4.78 is 5.63. The first-order valence-corrected chi connectivity index (χ1v) is 6.10. The van der Waals surface area contributed by atoms with Crippen molar-refractivity contribution in [1.29, 1.82) is 0 Å². The van der Waals surface area contributed by atoms with Crippen LogP contribution in [0.25, 0.3) is 0 Å². The van der Waals surface area contributed by atoms with Gasteiger partial charge in [0.15, 0.2) is 0 Å². The highest BCUT2D eigenvalue weighted by Crippen LogP contribution is 2.23. The summed E-state index contributed by atoms with van der Waals surface area (Å²) in [7, 11) is 1.80. The lowest BCUT2D eigenvalue weighted by Gasteiger charge is -2.08. The third-order valence-electron chi connectivity index (χ3n) is 2.85. The fraction of sp³-hybridized carbons (Fsp3) is 0.214. The van der Waals surface area contributed by atoms with Crippen LogP contribution in [0.2, 0.25) is 0 Å². The highest BCUT2D eigenvalue weighted by atomic mass is 16.6. The van der Waals surface area contributed by atoms with Gasteiger partial charge >= 0.3 is 0 Å². The Morgan fingerprint density at radius 1 is 1.35 bits per heavy atom. The van der Waals surface area contributed by atoms with Crippen LogP contribution in [0.4, 0.5) is 11.5 Å². The second-order valence-corrected chi connectivity index (χ2v) is 4.29. The Kier molecular flexibility index (Phi) is 4.14. The number of aromatic nitrogens is 1. The van der Waals surface area contributed by atoms with Gasteiger partial charge in [0.1, 0.15) is 18.2 Å². The molecule has 0 radical (unpaired) electrons. The second-order valence-electron chi connectivity index (χ2n) is 4.29. The molecule has 0 aliphatic rings. The SMILES string of the molecule is CNc1cc(COc2ccc([N+](=O)[O-])c(C)c2)ccn1. The average molecular weight is 273 g/mol. The monoisotopic (exact) mass is 273 g/mol. The molecule has 104 valence electrons. The van der Waals surface area contributed by atoms with E-state index in [2.05, 4.69) is 10.3 Å². The predicted molar refractivity (Wildman–Crippen MR) is 75.9 cm³/mol. The Morgan fingerprint density at radius 3 is 2.80 bits per heavy atom. The third kappa shape index (κ3) is 3.23. The maximum atomic E-state index is 10.7. The molecule has 0 aliphatic heterocycles. The molecule has 2 aromatic rings. The largest absolute Gasteiger partial charge is 0.489 e. The molecule has 0 fully saturated rings. The Bertz CT molecular complexity index is 629. The lowest BCUT2D eigenvalue weighted by Crippen LogP contribution is -1.99. The van der Waals surface area contributed by atoms with Crippen LogP contribution >= 0.6 is 0 Å². The highest BCUT2D eigenvalue weighted by Gasteiger charge is 2.10. The lowest BCUT2D eigenvalue weighted by molar-refractivity contribution is -0.385. The van der Waals surface area contributed by atoms with E-state index in [1.807, 2.05) is 12.1 Å². The number of pyridine rings is 1. The Morgan fingerprint density at radius 2 is 2.15 bits per heavy atom. The van der Waals surface area contributed by atoms with E-state index in [1.54, 1.807) is 32.3 Å². The summed E-state index contributed by atoms with van der Waals surface area (Å²) in [5.74, 6) is 1.38. The van der Waals surface area contributed by atoms with Crippen molar-refractivity contribution in [2.75, 3.05) is 12.4 Å². The van der Waals surface area contributed by atoms with E-state index in [-0.39, 0.29) is 5.69 Å². The van der Waals surface area contributed by atoms with Crippen LogP contribution < -0.4 is 10.1 Å². The molecule has 0 saturated carbocycles. The van der Waals surface area contributed by atoms with Gasteiger partial charge in [-0.15, -0.1) is 0 Å². The van der Waals surface area contributed by atoms with E-state index < -0.39 is 4.92 Å². The minimum absolute atomic E-state index is 0.0960. The molecule has 2 rings (SSSR count). The molecule has 1 N–H and O–H groups in total. The molecule has 1 heterocycles. The first kappa shape index (κ1) is 13.8. The van der Waals surface area contributed by atoms with E-state index in [4.69, 9.17) is 4.74 Å². The van der Waals surface area contributed by atoms with Crippen LogP contribution in [0.3, 0.4) is 0 Å². The fourth-order valence-corrected chi connectivity index (χ4v) is 1.79. The maximum Gasteiger partial charge on any atom is 0.272 e. The third-order valence-corrected chi connectivity index (χ3v) is 2.85. The Hall–Kier alpha value is -2.63. The molecule has 20 heavy (non-hydrogen) atoms. The van der Waals surface area contributed by atoms with Gasteiger partial charge in [0, 0.05) is 24.9 Å². The minimum Gasteiger partial charge on any atom is -0.489 e. The van der Waals surface area contributed by atoms with Crippen LogP contribution in [0, 0.1) is 17.0 Å². The Balaban J connectivity index is 2.07. The van der Waals surface area contributed by atoms with Crippen molar-refractivity contribution >= 4 is 11.5 Å². The van der Waals surface area contributed by atoms with Crippen LogP contribution in [0.1, 0.15) is 11.1 Å². The summed E-state index contributed by atoms with van der Waals surface area (Å²) in [6.07, 6.45) is 1.70. The summed E-state index contributed by atoms with van der Waals surface area (Å²) in [4.78, 5) is 14.4. The van der Waals surface area contributed by atoms with Gasteiger partial charge in [-0.2, -0.15) is 0 Å². The van der Waals surface area contributed by atoms with Crippen molar-refractivity contribution in [3.8, 4) is 5.75 Å². The van der Waals surface area contributed by atoms with Gasteiger partial charge in [0.2, 0.25) is 0 Å². The number of hydrogen-bond acceptors (Lipinski definition) is 5. The molecule has 1 aromatic heterocycles. The number of ether oxygens (including phenoxy) is 1. The van der Waals surface area contributed by atoms with Crippen molar-refractivity contribution in [3.05, 3.63) is 57.8 Å². The van der Waals surface area contributed by atoms with Gasteiger partial charge in [-0.25, -0.2) is 4.98 Å². The smallest absolute Gasteiger partial charge is 0.272 e. The first-order chi connectivity index (χ1) is 9.60. The zero-order valence-electron chi connectivity index (χ0n) is 11.3. The molecule has 0 unspecified atom stereocenters. The average Bonchev–Trinajstić information content (AvgIpc) is 2.45. The van der Waals surface area contributed by atoms with Crippen molar-refractivity contribution in [1.82, 2.24) is 4.98 Å². The van der Waals surface area contributed by atoms with Crippen LogP contribution in [-0.4, -0.2) is 17.0 Å². The molecular formula is C14H15N3O3. The van der Waals surface area contributed by atoms with Gasteiger partial charge in [0.25, 0.3) is 5.69 Å². The number of nitro benzene ring substituents is 1. The number of aryl methyl sites for hydroxylation is 1. The number of nitrogens with zero attached hydrogens (tertiary/aromatic N) is 2. The molecule has 1 aromatic carbocycles. The Labute approximate surface area is 116 Å². The van der Waals surface area contributed by atoms with E-state index >= 15 is 0 Å². The van der Waals surface area contributed by atoms with Gasteiger partial charge in [-0.3, -0.25) is 10.1 Å².